The van der Waals surface area contributed by atoms with Crippen LogP contribution in [0.2, 0.25) is 0 Å². The Hall–Kier alpha value is -1.85. The molecule has 0 aromatic carbocycles. The van der Waals surface area contributed by atoms with Crippen LogP contribution >= 0.6 is 0 Å². The van der Waals surface area contributed by atoms with Crippen molar-refractivity contribution in [3.8, 4) is 0 Å². The molecule has 0 fully saturated rings. The van der Waals surface area contributed by atoms with Gasteiger partial charge in [-0.1, -0.05) is 11.3 Å². The van der Waals surface area contributed by atoms with Crippen LogP contribution in [0.1, 0.15) is 0 Å². The highest BCUT2D eigenvalue weighted by Crippen LogP contribution is 1.99. The second-order valence-electron chi connectivity index (χ2n) is 2.37. The molecule has 0 saturated carbocycles. The maximum atomic E-state index is 11.1. The molecule has 0 aliphatic carbocycles. The largest absolute Gasteiger partial charge is 0.334 e. The molecular weight excluding hydrogens is 170 g/mol. The summed E-state index contributed by atoms with van der Waals surface area (Å²) in [5, 5.41) is 12.4. The molecule has 0 aliphatic heterocycles. The lowest BCUT2D eigenvalue weighted by atomic mass is 10.6. The van der Waals surface area contributed by atoms with E-state index in [1.807, 2.05) is 0 Å². The van der Waals surface area contributed by atoms with Gasteiger partial charge in [-0.3, -0.25) is 5.32 Å². The van der Waals surface area contributed by atoms with Gasteiger partial charge in [0.1, 0.15) is 0 Å². The Bertz CT molecular complexity index is 306. The Morgan fingerprint density at radius 3 is 3.15 bits per heavy atom. The first-order valence-corrected chi connectivity index (χ1v) is 3.74. The van der Waals surface area contributed by atoms with Crippen molar-refractivity contribution in [2.75, 3.05) is 11.9 Å². The van der Waals surface area contributed by atoms with E-state index in [4.69, 9.17) is 0 Å². The van der Waals surface area contributed by atoms with Gasteiger partial charge in [-0.05, 0) is 0 Å². The molecule has 2 amide bonds. The summed E-state index contributed by atoms with van der Waals surface area (Å²) in [6.45, 7) is 3.90. The zero-order chi connectivity index (χ0) is 9.68. The highest BCUT2D eigenvalue weighted by Gasteiger charge is 2.03. The lowest BCUT2D eigenvalue weighted by molar-refractivity contribution is 0.253. The number of carbonyl (C=O) groups is 1. The van der Waals surface area contributed by atoms with Crippen molar-refractivity contribution < 1.29 is 4.79 Å². The van der Waals surface area contributed by atoms with E-state index in [1.165, 1.54) is 10.9 Å². The molecule has 0 radical (unpaired) electrons. The number of aryl methyl sites for hydroxylation is 1. The van der Waals surface area contributed by atoms with E-state index in [0.717, 1.165) is 0 Å². The van der Waals surface area contributed by atoms with Crippen molar-refractivity contribution >= 4 is 11.8 Å². The molecule has 70 valence electrons. The normalized spacial score (nSPS) is 9.31. The number of aromatic nitrogens is 3. The van der Waals surface area contributed by atoms with Gasteiger partial charge in [-0.2, -0.15) is 0 Å². The Morgan fingerprint density at radius 2 is 2.62 bits per heavy atom. The van der Waals surface area contributed by atoms with E-state index in [0.29, 0.717) is 12.4 Å². The molecule has 2 N–H and O–H groups in total. The van der Waals surface area contributed by atoms with Crippen LogP contribution < -0.4 is 10.6 Å². The third-order valence-corrected chi connectivity index (χ3v) is 1.36. The van der Waals surface area contributed by atoms with Crippen LogP contribution in [0.3, 0.4) is 0 Å². The van der Waals surface area contributed by atoms with Gasteiger partial charge >= 0.3 is 6.03 Å². The molecule has 0 aliphatic rings. The predicted octanol–water partition coefficient (Wildman–Crippen LogP) is 0.123. The van der Waals surface area contributed by atoms with Crippen LogP contribution in [0.4, 0.5) is 10.6 Å². The number of anilines is 1. The average molecular weight is 181 g/mol. The number of urea groups is 1. The third-order valence-electron chi connectivity index (χ3n) is 1.36. The molecule has 1 rings (SSSR count). The summed E-state index contributed by atoms with van der Waals surface area (Å²) in [4.78, 5) is 11.1. The van der Waals surface area contributed by atoms with Crippen molar-refractivity contribution in [3.63, 3.8) is 0 Å². The van der Waals surface area contributed by atoms with Gasteiger partial charge in [0, 0.05) is 13.6 Å². The molecule has 6 heteroatoms. The van der Waals surface area contributed by atoms with Crippen molar-refractivity contribution in [2.24, 2.45) is 7.05 Å². The maximum absolute atomic E-state index is 11.1. The topological polar surface area (TPSA) is 71.8 Å². The number of carbonyl (C=O) groups excluding carboxylic acids is 1. The Balaban J connectivity index is 2.45. The molecule has 0 bridgehead atoms. The zero-order valence-corrected chi connectivity index (χ0v) is 7.32. The van der Waals surface area contributed by atoms with Crippen molar-refractivity contribution in [3.05, 3.63) is 18.9 Å². The van der Waals surface area contributed by atoms with E-state index in [-0.39, 0.29) is 6.03 Å². The quantitative estimate of drug-likeness (QED) is 0.651. The SMILES string of the molecule is C=CCNC(=O)Nc1cnnn1C. The van der Waals surface area contributed by atoms with E-state index in [2.05, 4.69) is 27.5 Å². The fourth-order valence-electron chi connectivity index (χ4n) is 0.728. The second kappa shape index (κ2) is 4.24. The number of nitrogens with zero attached hydrogens (tertiary/aromatic N) is 3. The molecule has 1 aromatic heterocycles. The first kappa shape index (κ1) is 9.24. The van der Waals surface area contributed by atoms with Gasteiger partial charge in [0.15, 0.2) is 5.82 Å². The highest BCUT2D eigenvalue weighted by atomic mass is 16.2. The molecule has 0 spiro atoms. The summed E-state index contributed by atoms with van der Waals surface area (Å²) < 4.78 is 1.47. The van der Waals surface area contributed by atoms with Gasteiger partial charge < -0.3 is 5.32 Å². The molecule has 0 atom stereocenters. The van der Waals surface area contributed by atoms with Crippen LogP contribution in [0.5, 0.6) is 0 Å². The summed E-state index contributed by atoms with van der Waals surface area (Å²) in [6, 6.07) is -0.301. The minimum atomic E-state index is -0.301. The molecule has 6 nitrogen and oxygen atoms in total. The first-order valence-electron chi connectivity index (χ1n) is 3.74. The molecule has 0 unspecified atom stereocenters. The van der Waals surface area contributed by atoms with E-state index in [9.17, 15) is 4.79 Å². The van der Waals surface area contributed by atoms with E-state index < -0.39 is 0 Å². The number of hydrogen-bond acceptors (Lipinski definition) is 3. The smallest absolute Gasteiger partial charge is 0.320 e. The van der Waals surface area contributed by atoms with Gasteiger partial charge in [-0.25, -0.2) is 9.48 Å². The van der Waals surface area contributed by atoms with Crippen molar-refractivity contribution in [2.45, 2.75) is 0 Å². The monoisotopic (exact) mass is 181 g/mol. The van der Waals surface area contributed by atoms with Crippen molar-refractivity contribution in [1.29, 1.82) is 0 Å². The van der Waals surface area contributed by atoms with Crippen LogP contribution in [0.15, 0.2) is 18.9 Å². The zero-order valence-electron chi connectivity index (χ0n) is 7.32. The average Bonchev–Trinajstić information content (AvgIpc) is 2.48. The fraction of sp³-hybridized carbons (Fsp3) is 0.286. The van der Waals surface area contributed by atoms with Crippen LogP contribution in [0.25, 0.3) is 0 Å². The predicted molar refractivity (Wildman–Crippen MR) is 48.2 cm³/mol. The van der Waals surface area contributed by atoms with Crippen LogP contribution in [-0.4, -0.2) is 27.6 Å². The number of rotatable bonds is 3. The first-order chi connectivity index (χ1) is 6.24. The molecular formula is C7H11N5O. The van der Waals surface area contributed by atoms with E-state index in [1.54, 1.807) is 13.1 Å². The second-order valence-corrected chi connectivity index (χ2v) is 2.37. The Kier molecular flexibility index (Phi) is 3.02. The Morgan fingerprint density at radius 1 is 1.85 bits per heavy atom. The Labute approximate surface area is 75.6 Å². The lowest BCUT2D eigenvalue weighted by Crippen LogP contribution is -2.29. The lowest BCUT2D eigenvalue weighted by Gasteiger charge is -2.03. The van der Waals surface area contributed by atoms with Gasteiger partial charge in [0.05, 0.1) is 6.20 Å². The minimum absolute atomic E-state index is 0.301. The van der Waals surface area contributed by atoms with Gasteiger partial charge in [0.2, 0.25) is 0 Å². The standard InChI is InChI=1S/C7H11N5O/c1-3-4-8-7(13)10-6-5-9-11-12(6)2/h3,5H,1,4H2,2H3,(H2,8,10,13). The summed E-state index contributed by atoms with van der Waals surface area (Å²) in [7, 11) is 1.69. The van der Waals surface area contributed by atoms with Crippen LogP contribution in [-0.2, 0) is 7.05 Å². The molecule has 0 saturated heterocycles. The molecule has 1 aromatic rings. The number of nitrogens with one attached hydrogen (secondary N) is 2. The summed E-state index contributed by atoms with van der Waals surface area (Å²) in [5.74, 6) is 0.543. The fourth-order valence-corrected chi connectivity index (χ4v) is 0.728. The third kappa shape index (κ3) is 2.58. The molecule has 13 heavy (non-hydrogen) atoms. The van der Waals surface area contributed by atoms with Crippen LogP contribution in [0, 0.1) is 0 Å². The minimum Gasteiger partial charge on any atom is -0.334 e. The molecule has 1 heterocycles. The highest BCUT2D eigenvalue weighted by molar-refractivity contribution is 5.88. The van der Waals surface area contributed by atoms with Gasteiger partial charge in [-0.15, -0.1) is 11.7 Å². The maximum Gasteiger partial charge on any atom is 0.320 e. The summed E-state index contributed by atoms with van der Waals surface area (Å²) in [6.07, 6.45) is 3.06. The number of hydrogen-bond donors (Lipinski definition) is 2. The summed E-state index contributed by atoms with van der Waals surface area (Å²) in [5.41, 5.74) is 0. The van der Waals surface area contributed by atoms with Gasteiger partial charge in [0.25, 0.3) is 0 Å². The number of amides is 2. The summed E-state index contributed by atoms with van der Waals surface area (Å²) >= 11 is 0. The van der Waals surface area contributed by atoms with Crippen molar-refractivity contribution in [1.82, 2.24) is 20.3 Å². The van der Waals surface area contributed by atoms with E-state index >= 15 is 0 Å².